The number of hydrogen-bond acceptors (Lipinski definition) is 3. The molecule has 35 heavy (non-hydrogen) atoms. The number of nitrogens with one attached hydrogen (secondary N) is 2. The number of benzene rings is 2. The summed E-state index contributed by atoms with van der Waals surface area (Å²) in [6.45, 7) is 7.58. The predicted octanol–water partition coefficient (Wildman–Crippen LogP) is 6.59. The first kappa shape index (κ1) is 25.5. The fourth-order valence-corrected chi connectivity index (χ4v) is 5.17. The van der Waals surface area contributed by atoms with Gasteiger partial charge in [-0.1, -0.05) is 31.2 Å². The van der Waals surface area contributed by atoms with Crippen LogP contribution >= 0.6 is 0 Å². The number of alkyl halides is 4. The molecule has 0 amide bonds. The number of nitrogens with zero attached hydrogens (tertiary/aromatic N) is 1. The van der Waals surface area contributed by atoms with E-state index in [1.54, 1.807) is 0 Å². The van der Waals surface area contributed by atoms with Crippen LogP contribution in [0.15, 0.2) is 48.7 Å². The van der Waals surface area contributed by atoms with E-state index in [1.165, 1.54) is 42.5 Å². The van der Waals surface area contributed by atoms with Gasteiger partial charge in [0.25, 0.3) is 0 Å². The predicted molar refractivity (Wildman–Crippen MR) is 131 cm³/mol. The van der Waals surface area contributed by atoms with Crippen molar-refractivity contribution in [3.05, 3.63) is 82.1 Å². The third kappa shape index (κ3) is 5.32. The molecule has 2 aromatic carbocycles. The second-order valence-electron chi connectivity index (χ2n) is 9.65. The maximum Gasteiger partial charge on any atom is 0.416 e. The molecular weight excluding hydrogens is 454 g/mol. The highest BCUT2D eigenvalue weighted by Gasteiger charge is 2.38. The molecule has 1 aliphatic heterocycles. The van der Waals surface area contributed by atoms with Gasteiger partial charge in [0.15, 0.2) is 0 Å². The summed E-state index contributed by atoms with van der Waals surface area (Å²) in [7, 11) is 1.85. The molecule has 0 unspecified atom stereocenters. The maximum absolute atomic E-state index is 15.8. The van der Waals surface area contributed by atoms with Crippen LogP contribution in [0.4, 0.5) is 17.6 Å². The van der Waals surface area contributed by atoms with E-state index in [0.717, 1.165) is 29.0 Å². The Morgan fingerprint density at radius 2 is 1.80 bits per heavy atom. The van der Waals surface area contributed by atoms with Crippen LogP contribution in [0.3, 0.4) is 0 Å². The zero-order chi connectivity index (χ0) is 25.2. The molecule has 7 heteroatoms. The molecule has 0 radical (unpaired) electrons. The van der Waals surface area contributed by atoms with Gasteiger partial charge in [-0.2, -0.15) is 13.2 Å². The molecule has 188 valence electrons. The summed E-state index contributed by atoms with van der Waals surface area (Å²) in [6.07, 6.45) is -0.357. The Labute approximate surface area is 204 Å². The van der Waals surface area contributed by atoms with Crippen molar-refractivity contribution in [1.29, 1.82) is 0 Å². The lowest BCUT2D eigenvalue weighted by Crippen LogP contribution is -2.39. The fourth-order valence-electron chi connectivity index (χ4n) is 5.17. The molecule has 0 bridgehead atoms. The molecule has 2 N–H and O–H groups in total. The summed E-state index contributed by atoms with van der Waals surface area (Å²) in [5, 5.41) is 0. The molecule has 1 aliphatic carbocycles. The van der Waals surface area contributed by atoms with E-state index in [9.17, 15) is 13.2 Å². The highest BCUT2D eigenvalue weighted by molar-refractivity contribution is 5.68. The van der Waals surface area contributed by atoms with Crippen LogP contribution in [-0.4, -0.2) is 25.0 Å². The summed E-state index contributed by atoms with van der Waals surface area (Å²) in [6, 6.07) is 8.95. The molecule has 0 spiro atoms. The Balaban J connectivity index is 1.53. The van der Waals surface area contributed by atoms with E-state index < -0.39 is 17.4 Å². The van der Waals surface area contributed by atoms with Gasteiger partial charge in [-0.15, -0.1) is 5.73 Å². The van der Waals surface area contributed by atoms with E-state index in [-0.39, 0.29) is 12.8 Å². The average molecular weight is 488 g/mol. The van der Waals surface area contributed by atoms with Crippen molar-refractivity contribution in [1.82, 2.24) is 15.8 Å². The first-order valence-electron chi connectivity index (χ1n) is 12.2. The summed E-state index contributed by atoms with van der Waals surface area (Å²) in [5.41, 5.74) is 12.8. The molecule has 1 saturated heterocycles. The van der Waals surface area contributed by atoms with Crippen LogP contribution in [0.1, 0.15) is 71.4 Å². The zero-order valence-electron chi connectivity index (χ0n) is 20.4. The second kappa shape index (κ2) is 10.2. The van der Waals surface area contributed by atoms with E-state index in [1.807, 2.05) is 7.05 Å². The zero-order valence-corrected chi connectivity index (χ0v) is 20.4. The largest absolute Gasteiger partial charge is 0.416 e. The van der Waals surface area contributed by atoms with Gasteiger partial charge < -0.3 is 4.90 Å². The lowest BCUT2D eigenvalue weighted by molar-refractivity contribution is -0.137. The van der Waals surface area contributed by atoms with Gasteiger partial charge in [0.2, 0.25) is 0 Å². The number of hydrogen-bond donors (Lipinski definition) is 2. The average Bonchev–Trinajstić information content (AvgIpc) is 2.79. The molecule has 1 saturated carbocycles. The quantitative estimate of drug-likeness (QED) is 0.262. The van der Waals surface area contributed by atoms with Crippen LogP contribution < -0.4 is 10.9 Å². The normalized spacial score (nSPS) is 18.2. The minimum absolute atomic E-state index is 0.191. The highest BCUT2D eigenvalue weighted by atomic mass is 19.4. The molecule has 2 aliphatic rings. The Morgan fingerprint density at radius 1 is 1.14 bits per heavy atom. The molecule has 3 nitrogen and oxygen atoms in total. The number of hydrazine groups is 1. The summed E-state index contributed by atoms with van der Waals surface area (Å²) in [4.78, 5) is 2.09. The van der Waals surface area contributed by atoms with Gasteiger partial charge in [0.1, 0.15) is 5.67 Å². The smallest absolute Gasteiger partial charge is 0.365 e. The van der Waals surface area contributed by atoms with Gasteiger partial charge in [-0.25, -0.2) is 4.39 Å². The molecule has 0 aromatic heterocycles. The molecule has 2 fully saturated rings. The number of halogens is 4. The Hall–Kier alpha value is -2.60. The van der Waals surface area contributed by atoms with Crippen molar-refractivity contribution in [3.63, 3.8) is 0 Å². The summed E-state index contributed by atoms with van der Waals surface area (Å²) >= 11 is 0. The first-order valence-corrected chi connectivity index (χ1v) is 12.2. The second-order valence-corrected chi connectivity index (χ2v) is 9.65. The lowest BCUT2D eigenvalue weighted by Gasteiger charge is -2.39. The molecule has 4 rings (SSSR count). The van der Waals surface area contributed by atoms with E-state index >= 15 is 4.39 Å². The van der Waals surface area contributed by atoms with Crippen LogP contribution in [0.25, 0.3) is 5.70 Å². The minimum Gasteiger partial charge on any atom is -0.365 e. The van der Waals surface area contributed by atoms with Crippen molar-refractivity contribution >= 4 is 5.70 Å². The Kier molecular flexibility index (Phi) is 7.41. The van der Waals surface area contributed by atoms with Crippen molar-refractivity contribution in [3.8, 4) is 0 Å². The highest BCUT2D eigenvalue weighted by Crippen LogP contribution is 2.42. The first-order chi connectivity index (χ1) is 16.7. The van der Waals surface area contributed by atoms with Gasteiger partial charge in [-0.05, 0) is 73.2 Å². The number of likely N-dealkylation sites (tertiary alicyclic amines) is 1. The van der Waals surface area contributed by atoms with Crippen molar-refractivity contribution < 1.29 is 17.6 Å². The van der Waals surface area contributed by atoms with E-state index in [4.69, 9.17) is 0 Å². The molecule has 1 heterocycles. The van der Waals surface area contributed by atoms with Crippen LogP contribution in [0.5, 0.6) is 0 Å². The van der Waals surface area contributed by atoms with Crippen LogP contribution in [-0.2, 0) is 18.4 Å². The third-order valence-corrected chi connectivity index (χ3v) is 7.51. The summed E-state index contributed by atoms with van der Waals surface area (Å²) in [5.74, 6) is 0.596. The Bertz CT molecular complexity index is 1090. The van der Waals surface area contributed by atoms with Crippen molar-refractivity contribution in [2.75, 3.05) is 20.1 Å². The standard InChI is InChI=1S/C28H33F4N3/c1-4-26(24-17-21(18-34-33-3)25(16-19(24)2)20-6-5-7-20)35-14-12-27(29,13-15-35)22-8-10-23(11-9-22)28(30,31)32/h8-11,16-17,20,33-34H,1,5-7,12-15,18H2,2-3H3. The number of piperidine rings is 1. The molecule has 0 atom stereocenters. The van der Waals surface area contributed by atoms with E-state index in [0.29, 0.717) is 31.1 Å². The topological polar surface area (TPSA) is 27.3 Å². The maximum atomic E-state index is 15.8. The number of rotatable bonds is 7. The SMILES string of the molecule is C=C=C(c1cc(CNNC)c(C2CCC2)cc1C)N1CCC(F)(c2ccc(C(F)(F)F)cc2)CC1. The minimum atomic E-state index is -4.43. The molecular formula is C28H33F4N3. The van der Waals surface area contributed by atoms with Crippen LogP contribution in [0, 0.1) is 6.92 Å². The van der Waals surface area contributed by atoms with E-state index in [2.05, 4.69) is 47.1 Å². The fraction of sp³-hybridized carbons (Fsp3) is 0.464. The summed E-state index contributed by atoms with van der Waals surface area (Å²) < 4.78 is 54.5. The monoisotopic (exact) mass is 487 g/mol. The number of aryl methyl sites for hydroxylation is 1. The van der Waals surface area contributed by atoms with Gasteiger partial charge in [0, 0.05) is 38.0 Å². The lowest BCUT2D eigenvalue weighted by atomic mass is 9.77. The Morgan fingerprint density at radius 3 is 2.31 bits per heavy atom. The third-order valence-electron chi connectivity index (χ3n) is 7.51. The van der Waals surface area contributed by atoms with Crippen molar-refractivity contribution in [2.24, 2.45) is 0 Å². The van der Waals surface area contributed by atoms with Crippen LogP contribution in [0.2, 0.25) is 0 Å². The van der Waals surface area contributed by atoms with Gasteiger partial charge >= 0.3 is 6.18 Å². The molecule has 2 aromatic rings. The van der Waals surface area contributed by atoms with Crippen molar-refractivity contribution in [2.45, 2.75) is 63.3 Å². The van der Waals surface area contributed by atoms with Gasteiger partial charge in [0.05, 0.1) is 11.3 Å². The van der Waals surface area contributed by atoms with Gasteiger partial charge in [-0.3, -0.25) is 10.9 Å².